The molecule has 2 N–H and O–H groups in total. The summed E-state index contributed by atoms with van der Waals surface area (Å²) in [5.41, 5.74) is 4.09. The van der Waals surface area contributed by atoms with Gasteiger partial charge in [-0.1, -0.05) is 31.7 Å². The maximum atomic E-state index is 5.11. The van der Waals surface area contributed by atoms with Crippen molar-refractivity contribution in [2.24, 2.45) is 9.98 Å². The first-order valence-corrected chi connectivity index (χ1v) is 11.2. The third-order valence-corrected chi connectivity index (χ3v) is 6.61. The maximum absolute atomic E-state index is 5.11. The minimum atomic E-state index is 0.363. The van der Waals surface area contributed by atoms with Crippen molar-refractivity contribution in [1.82, 2.24) is 15.6 Å². The SMILES string of the molecule is CC1=NC2CCCCC2NCCN[C@@H]2CCCC[C@H]2N=C(C)c2cccc1n2. The molecule has 1 aromatic rings. The van der Waals surface area contributed by atoms with Crippen LogP contribution in [-0.2, 0) is 0 Å². The zero-order valence-electron chi connectivity index (χ0n) is 17.5. The van der Waals surface area contributed by atoms with Crippen LogP contribution >= 0.6 is 0 Å². The molecule has 2 bridgehead atoms. The second kappa shape index (κ2) is 9.27. The van der Waals surface area contributed by atoms with Gasteiger partial charge in [0.2, 0.25) is 0 Å². The summed E-state index contributed by atoms with van der Waals surface area (Å²) in [6, 6.07) is 7.97. The fourth-order valence-electron chi connectivity index (χ4n) is 4.99. The molecule has 0 radical (unpaired) electrons. The Hall–Kier alpha value is -1.59. The average molecular weight is 382 g/mol. The molecule has 4 atom stereocenters. The predicted octanol–water partition coefficient (Wildman–Crippen LogP) is 3.51. The Kier molecular flexibility index (Phi) is 6.53. The van der Waals surface area contributed by atoms with Gasteiger partial charge in [0, 0.05) is 25.2 Å². The Morgan fingerprint density at radius 2 is 1.18 bits per heavy atom. The number of nitrogens with zero attached hydrogens (tertiary/aromatic N) is 3. The summed E-state index contributed by atoms with van der Waals surface area (Å²) in [5, 5.41) is 7.59. The highest BCUT2D eigenvalue weighted by Crippen LogP contribution is 2.24. The van der Waals surface area contributed by atoms with E-state index in [0.717, 1.165) is 35.9 Å². The molecule has 0 amide bonds. The van der Waals surface area contributed by atoms with Crippen molar-refractivity contribution in [1.29, 1.82) is 0 Å². The number of aliphatic imine (C=N–C) groups is 2. The lowest BCUT2D eigenvalue weighted by atomic mass is 9.90. The van der Waals surface area contributed by atoms with Gasteiger partial charge in [-0.15, -0.1) is 0 Å². The molecule has 1 aromatic heterocycles. The van der Waals surface area contributed by atoms with E-state index in [1.165, 1.54) is 51.4 Å². The Bertz CT molecular complexity index is 668. The highest BCUT2D eigenvalue weighted by atomic mass is 15.0. The van der Waals surface area contributed by atoms with Crippen LogP contribution in [-0.4, -0.2) is 53.7 Å². The molecule has 0 aromatic carbocycles. The lowest BCUT2D eigenvalue weighted by Gasteiger charge is -2.32. The summed E-state index contributed by atoms with van der Waals surface area (Å²) in [4.78, 5) is 15.1. The van der Waals surface area contributed by atoms with Crippen LogP contribution in [0.3, 0.4) is 0 Å². The van der Waals surface area contributed by atoms with Gasteiger partial charge in [-0.3, -0.25) is 9.98 Å². The smallest absolute Gasteiger partial charge is 0.0845 e. The number of hydrogen-bond acceptors (Lipinski definition) is 5. The molecule has 1 aliphatic heterocycles. The van der Waals surface area contributed by atoms with E-state index in [0.29, 0.717) is 24.2 Å². The maximum Gasteiger partial charge on any atom is 0.0845 e. The zero-order chi connectivity index (χ0) is 19.3. The monoisotopic (exact) mass is 381 g/mol. The van der Waals surface area contributed by atoms with Crippen molar-refractivity contribution >= 4 is 11.4 Å². The summed E-state index contributed by atoms with van der Waals surface area (Å²) in [5.74, 6) is 0. The van der Waals surface area contributed by atoms with E-state index >= 15 is 0 Å². The van der Waals surface area contributed by atoms with E-state index in [1.54, 1.807) is 0 Å². The van der Waals surface area contributed by atoms with E-state index in [-0.39, 0.29) is 0 Å². The number of hydrogen-bond donors (Lipinski definition) is 2. The molecule has 3 aliphatic rings. The normalized spacial score (nSPS) is 32.1. The van der Waals surface area contributed by atoms with Crippen molar-refractivity contribution in [3.8, 4) is 0 Å². The van der Waals surface area contributed by atoms with Gasteiger partial charge in [-0.2, -0.15) is 0 Å². The van der Waals surface area contributed by atoms with Crippen LogP contribution in [0, 0.1) is 0 Å². The zero-order valence-corrected chi connectivity index (χ0v) is 17.5. The molecule has 152 valence electrons. The summed E-state index contributed by atoms with van der Waals surface area (Å²) in [6.07, 6.45) is 9.97. The fraction of sp³-hybridized carbons (Fsp3) is 0.696. The largest absolute Gasteiger partial charge is 0.311 e. The summed E-state index contributed by atoms with van der Waals surface area (Å²) < 4.78 is 0. The molecule has 4 rings (SSSR count). The Balaban J connectivity index is 1.66. The van der Waals surface area contributed by atoms with Crippen molar-refractivity contribution in [2.45, 2.75) is 89.4 Å². The van der Waals surface area contributed by atoms with Crippen LogP contribution in [0.1, 0.15) is 76.6 Å². The summed E-state index contributed by atoms with van der Waals surface area (Å²) >= 11 is 0. The quantitative estimate of drug-likeness (QED) is 0.723. The van der Waals surface area contributed by atoms with Gasteiger partial charge in [0.25, 0.3) is 0 Å². The van der Waals surface area contributed by atoms with Gasteiger partial charge in [0.05, 0.1) is 34.9 Å². The fourth-order valence-corrected chi connectivity index (χ4v) is 4.99. The lowest BCUT2D eigenvalue weighted by Crippen LogP contribution is -2.47. The van der Waals surface area contributed by atoms with Crippen molar-refractivity contribution < 1.29 is 0 Å². The van der Waals surface area contributed by atoms with Crippen LogP contribution in [0.5, 0.6) is 0 Å². The molecule has 2 saturated carbocycles. The van der Waals surface area contributed by atoms with Crippen molar-refractivity contribution in [3.63, 3.8) is 0 Å². The van der Waals surface area contributed by atoms with Gasteiger partial charge in [0.15, 0.2) is 0 Å². The van der Waals surface area contributed by atoms with Crippen LogP contribution in [0.15, 0.2) is 28.2 Å². The van der Waals surface area contributed by atoms with Crippen LogP contribution < -0.4 is 10.6 Å². The minimum absolute atomic E-state index is 0.363. The van der Waals surface area contributed by atoms with Crippen LogP contribution in [0.25, 0.3) is 0 Å². The second-order valence-electron chi connectivity index (χ2n) is 8.66. The molecule has 2 heterocycles. The van der Waals surface area contributed by atoms with Crippen LogP contribution in [0.2, 0.25) is 0 Å². The van der Waals surface area contributed by atoms with Gasteiger partial charge >= 0.3 is 0 Å². The summed E-state index contributed by atoms with van der Waals surface area (Å²) in [6.45, 7) is 6.24. The Labute approximate surface area is 169 Å². The molecular formula is C23H35N5. The van der Waals surface area contributed by atoms with Gasteiger partial charge in [-0.05, 0) is 51.7 Å². The van der Waals surface area contributed by atoms with E-state index in [2.05, 4.69) is 42.7 Å². The van der Waals surface area contributed by atoms with Gasteiger partial charge in [0.1, 0.15) is 0 Å². The van der Waals surface area contributed by atoms with E-state index in [9.17, 15) is 0 Å². The number of pyridine rings is 1. The second-order valence-corrected chi connectivity index (χ2v) is 8.66. The molecule has 0 saturated heterocycles. The topological polar surface area (TPSA) is 61.7 Å². The van der Waals surface area contributed by atoms with Crippen molar-refractivity contribution in [3.05, 3.63) is 29.6 Å². The first-order chi connectivity index (χ1) is 13.7. The molecule has 5 heteroatoms. The van der Waals surface area contributed by atoms with Gasteiger partial charge < -0.3 is 10.6 Å². The Morgan fingerprint density at radius 1 is 0.714 bits per heavy atom. The molecule has 5 nitrogen and oxygen atoms in total. The van der Waals surface area contributed by atoms with E-state index in [4.69, 9.17) is 15.0 Å². The first kappa shape index (κ1) is 19.7. The molecule has 28 heavy (non-hydrogen) atoms. The number of rotatable bonds is 0. The number of aromatic nitrogens is 1. The number of fused-ring (bicyclic) bond motifs is 4. The molecule has 2 aliphatic carbocycles. The predicted molar refractivity (Wildman–Crippen MR) is 117 cm³/mol. The van der Waals surface area contributed by atoms with Crippen molar-refractivity contribution in [2.75, 3.05) is 13.1 Å². The summed E-state index contributed by atoms with van der Waals surface area (Å²) in [7, 11) is 0. The molecule has 2 unspecified atom stereocenters. The number of nitrogens with one attached hydrogen (secondary N) is 2. The first-order valence-electron chi connectivity index (χ1n) is 11.2. The average Bonchev–Trinajstić information content (AvgIpc) is 2.73. The molecule has 2 fully saturated rings. The third kappa shape index (κ3) is 4.69. The molecule has 0 spiro atoms. The standard InChI is InChI=1S/C23H35N5/c1-16-18-12-7-13-19(28-18)17(2)27-23-11-6-4-9-21(23)25-15-14-24-20-8-3-5-10-22(20)26-16/h7,12-13,20-25H,3-6,8-11,14-15H2,1-2H3/t20-,21?,22-,23?/m1/s1. The minimum Gasteiger partial charge on any atom is -0.311 e. The highest BCUT2D eigenvalue weighted by molar-refractivity contribution is 6.00. The lowest BCUT2D eigenvalue weighted by molar-refractivity contribution is 0.308. The van der Waals surface area contributed by atoms with E-state index < -0.39 is 0 Å². The van der Waals surface area contributed by atoms with Crippen LogP contribution in [0.4, 0.5) is 0 Å². The van der Waals surface area contributed by atoms with E-state index in [1.807, 2.05) is 0 Å². The van der Waals surface area contributed by atoms with Gasteiger partial charge in [-0.25, -0.2) is 4.98 Å². The molecular weight excluding hydrogens is 346 g/mol. The third-order valence-electron chi connectivity index (χ3n) is 6.61. The highest BCUT2D eigenvalue weighted by Gasteiger charge is 2.27. The Morgan fingerprint density at radius 3 is 1.68 bits per heavy atom.